The SMILES string of the molecule is COC.Cc1ccc(C2=CC(c3ccc(C(C)(C)C)cc3)=[O+][Si-]O2)cc1. The molecule has 0 saturated heterocycles. The molecule has 2 aromatic carbocycles. The molecule has 0 atom stereocenters. The van der Waals surface area contributed by atoms with Crippen molar-refractivity contribution < 1.29 is 13.3 Å². The maximum atomic E-state index is 5.71. The fourth-order valence-electron chi connectivity index (χ4n) is 2.43. The summed E-state index contributed by atoms with van der Waals surface area (Å²) in [4.78, 5) is 0. The molecule has 3 nitrogen and oxygen atoms in total. The van der Waals surface area contributed by atoms with E-state index in [1.807, 2.05) is 6.08 Å². The largest absolute Gasteiger partial charge is 0.629 e. The van der Waals surface area contributed by atoms with E-state index in [4.69, 9.17) is 8.54 Å². The lowest BCUT2D eigenvalue weighted by molar-refractivity contribution is -0.101. The number of ketones is 1. The number of methoxy groups -OCH3 is 1. The molecule has 0 saturated carbocycles. The van der Waals surface area contributed by atoms with Crippen molar-refractivity contribution in [3.8, 4) is 0 Å². The first-order chi connectivity index (χ1) is 12.3. The van der Waals surface area contributed by atoms with Crippen LogP contribution in [-0.4, -0.2) is 30.0 Å². The van der Waals surface area contributed by atoms with Crippen LogP contribution in [0.1, 0.15) is 47.1 Å². The standard InChI is InChI=1S/C20H21O2Si.C2H6O/c1-14-5-7-15(8-6-14)18-13-19(22-23-21-18)16-9-11-17(12-10-16)20(2,3)4;1-3-2/h5-13H,1-4H3;1-2H3. The van der Waals surface area contributed by atoms with E-state index in [0.29, 0.717) is 0 Å². The van der Waals surface area contributed by atoms with Gasteiger partial charge in [0.05, 0.1) is 17.4 Å². The number of rotatable bonds is 2. The predicted molar refractivity (Wildman–Crippen MR) is 108 cm³/mol. The van der Waals surface area contributed by atoms with Crippen LogP contribution >= 0.6 is 0 Å². The highest BCUT2D eigenvalue weighted by atomic mass is 28.2. The summed E-state index contributed by atoms with van der Waals surface area (Å²) in [5, 5.41) is 0. The van der Waals surface area contributed by atoms with Gasteiger partial charge in [-0.2, -0.15) is 0 Å². The Morgan fingerprint density at radius 3 is 1.96 bits per heavy atom. The summed E-state index contributed by atoms with van der Waals surface area (Å²) in [6.45, 7) is 8.74. The van der Waals surface area contributed by atoms with Crippen LogP contribution in [0.3, 0.4) is 0 Å². The number of allylic oxidation sites excluding steroid dienone is 1. The van der Waals surface area contributed by atoms with Gasteiger partial charge in [0.2, 0.25) is 0 Å². The van der Waals surface area contributed by atoms with E-state index in [0.717, 1.165) is 22.7 Å². The molecule has 0 aliphatic carbocycles. The molecule has 0 unspecified atom stereocenters. The van der Waals surface area contributed by atoms with Crippen LogP contribution in [0.2, 0.25) is 0 Å². The molecule has 1 aliphatic heterocycles. The van der Waals surface area contributed by atoms with Crippen LogP contribution in [0, 0.1) is 6.92 Å². The summed E-state index contributed by atoms with van der Waals surface area (Å²) in [6.07, 6.45) is 1.98. The number of aryl methyl sites for hydroxylation is 1. The fraction of sp³-hybridized carbons (Fsp3) is 0.318. The van der Waals surface area contributed by atoms with Gasteiger partial charge in [0.15, 0.2) is 0 Å². The Hall–Kier alpha value is -2.17. The van der Waals surface area contributed by atoms with Crippen molar-refractivity contribution >= 4 is 21.5 Å². The Bertz CT molecular complexity index is 767. The highest BCUT2D eigenvalue weighted by Gasteiger charge is 2.18. The van der Waals surface area contributed by atoms with Gasteiger partial charge in [0.1, 0.15) is 0 Å². The Balaban J connectivity index is 0.000000758. The molecule has 137 valence electrons. The average molecular weight is 368 g/mol. The second kappa shape index (κ2) is 8.97. The number of carbonyl (C=O) groups excluding carboxylic acids is 1. The molecule has 0 aromatic heterocycles. The van der Waals surface area contributed by atoms with Crippen molar-refractivity contribution in [2.45, 2.75) is 33.1 Å². The second-order valence-corrected chi connectivity index (χ2v) is 7.84. The van der Waals surface area contributed by atoms with Gasteiger partial charge in [-0.25, -0.2) is 0 Å². The van der Waals surface area contributed by atoms with Crippen molar-refractivity contribution in [1.29, 1.82) is 0 Å². The lowest BCUT2D eigenvalue weighted by Crippen LogP contribution is -2.13. The molecule has 3 rings (SSSR count). The first-order valence-electron chi connectivity index (χ1n) is 8.60. The van der Waals surface area contributed by atoms with E-state index in [-0.39, 0.29) is 15.4 Å². The average Bonchev–Trinajstić information content (AvgIpc) is 2.62. The molecule has 0 spiro atoms. The van der Waals surface area contributed by atoms with Gasteiger partial charge in [-0.1, -0.05) is 62.7 Å². The molecular weight excluding hydrogens is 340 g/mol. The summed E-state index contributed by atoms with van der Waals surface area (Å²) in [7, 11) is 3.24. The van der Waals surface area contributed by atoms with Crippen LogP contribution in [0.4, 0.5) is 0 Å². The van der Waals surface area contributed by atoms with E-state index >= 15 is 0 Å². The van der Waals surface area contributed by atoms with Gasteiger partial charge < -0.3 is 13.3 Å². The van der Waals surface area contributed by atoms with Crippen molar-refractivity contribution in [2.75, 3.05) is 14.2 Å². The molecule has 0 fully saturated rings. The van der Waals surface area contributed by atoms with Crippen LogP contribution in [0.5, 0.6) is 0 Å². The van der Waals surface area contributed by atoms with Gasteiger partial charge in [0, 0.05) is 19.8 Å². The number of hydrogen-bond donors (Lipinski definition) is 0. The van der Waals surface area contributed by atoms with Crippen LogP contribution in [0.15, 0.2) is 54.6 Å². The van der Waals surface area contributed by atoms with E-state index in [1.165, 1.54) is 11.1 Å². The molecule has 1 heterocycles. The topological polar surface area (TPSA) is 29.8 Å². The second-order valence-electron chi connectivity index (χ2n) is 7.26. The van der Waals surface area contributed by atoms with E-state index in [1.54, 1.807) is 14.2 Å². The summed E-state index contributed by atoms with van der Waals surface area (Å²) in [5.41, 5.74) is 4.88. The molecule has 26 heavy (non-hydrogen) atoms. The Morgan fingerprint density at radius 2 is 1.42 bits per heavy atom. The van der Waals surface area contributed by atoms with Crippen LogP contribution < -0.4 is 0 Å². The molecule has 2 aromatic rings. The zero-order chi connectivity index (χ0) is 19.2. The maximum absolute atomic E-state index is 5.71. The fourth-order valence-corrected chi connectivity index (χ4v) is 3.00. The van der Waals surface area contributed by atoms with Gasteiger partial charge in [-0.15, -0.1) is 0 Å². The third-order valence-electron chi connectivity index (χ3n) is 3.94. The van der Waals surface area contributed by atoms with Gasteiger partial charge in [-0.3, -0.25) is 0 Å². The van der Waals surface area contributed by atoms with Crippen molar-refractivity contribution in [2.24, 2.45) is 0 Å². The number of ether oxygens (including phenoxy) is 1. The first-order valence-corrected chi connectivity index (χ1v) is 9.42. The zero-order valence-corrected chi connectivity index (χ0v) is 17.4. The third kappa shape index (κ3) is 5.41. The summed E-state index contributed by atoms with van der Waals surface area (Å²) in [6, 6.07) is 16.9. The van der Waals surface area contributed by atoms with E-state index in [9.17, 15) is 0 Å². The van der Waals surface area contributed by atoms with Crippen molar-refractivity contribution in [3.05, 3.63) is 76.9 Å². The monoisotopic (exact) mass is 367 g/mol. The minimum atomic E-state index is -0.00834. The normalized spacial score (nSPS) is 13.5. The number of benzene rings is 2. The number of hydrogen-bond acceptors (Lipinski definition) is 2. The Labute approximate surface area is 159 Å². The first kappa shape index (κ1) is 20.1. The summed E-state index contributed by atoms with van der Waals surface area (Å²) in [5.74, 6) is 1.73. The van der Waals surface area contributed by atoms with Gasteiger partial charge >= 0.3 is 10.0 Å². The zero-order valence-electron chi connectivity index (χ0n) is 16.4. The van der Waals surface area contributed by atoms with Crippen molar-refractivity contribution in [1.82, 2.24) is 0 Å². The third-order valence-corrected chi connectivity index (χ3v) is 4.54. The van der Waals surface area contributed by atoms with E-state index < -0.39 is 0 Å². The smallest absolute Gasteiger partial charge is 0.424 e. The van der Waals surface area contributed by atoms with Gasteiger partial charge in [-0.05, 0) is 30.0 Å². The minimum absolute atomic E-state index is 0.00834. The molecule has 4 heteroatoms. The molecular formula is C22H27O3Si. The summed E-state index contributed by atoms with van der Waals surface area (Å²) < 4.78 is 15.6. The molecule has 0 amide bonds. The van der Waals surface area contributed by atoms with Crippen LogP contribution in [0.25, 0.3) is 5.76 Å². The summed E-state index contributed by atoms with van der Waals surface area (Å²) >= 11 is 0. The molecule has 1 radical (unpaired) electrons. The lowest BCUT2D eigenvalue weighted by atomic mass is 9.86. The maximum Gasteiger partial charge on any atom is 0.424 e. The van der Waals surface area contributed by atoms with Crippen molar-refractivity contribution in [3.63, 3.8) is 0 Å². The quantitative estimate of drug-likeness (QED) is 0.559. The lowest BCUT2D eigenvalue weighted by Gasteiger charge is -2.19. The highest BCUT2D eigenvalue weighted by Crippen LogP contribution is 2.24. The Morgan fingerprint density at radius 1 is 0.885 bits per heavy atom. The Kier molecular flexibility index (Phi) is 6.95. The van der Waals surface area contributed by atoms with E-state index in [2.05, 4.69) is 81.0 Å². The molecule has 1 aliphatic rings. The van der Waals surface area contributed by atoms with Gasteiger partial charge in [0.25, 0.3) is 5.78 Å². The highest BCUT2D eigenvalue weighted by molar-refractivity contribution is 6.25. The minimum Gasteiger partial charge on any atom is -0.629 e. The van der Waals surface area contributed by atoms with Crippen LogP contribution in [-0.2, 0) is 14.6 Å². The molecule has 0 bridgehead atoms. The molecule has 0 N–H and O–H groups in total. The predicted octanol–water partition coefficient (Wildman–Crippen LogP) is 4.88.